The molecule has 1 aliphatic heterocycles. The second-order valence-corrected chi connectivity index (χ2v) is 4.20. The van der Waals surface area contributed by atoms with Crippen LogP contribution in [0.15, 0.2) is 12.5 Å². The molecule has 8 nitrogen and oxygen atoms in total. The Labute approximate surface area is 102 Å². The van der Waals surface area contributed by atoms with Crippen molar-refractivity contribution in [1.29, 1.82) is 0 Å². The lowest BCUT2D eigenvalue weighted by Gasteiger charge is -2.13. The Kier molecular flexibility index (Phi) is 2.62. The number of ether oxygens (including phenoxy) is 1. The summed E-state index contributed by atoms with van der Waals surface area (Å²) < 4.78 is 7.22. The van der Waals surface area contributed by atoms with E-state index in [0.29, 0.717) is 17.6 Å². The van der Waals surface area contributed by atoms with E-state index < -0.39 is 18.4 Å². The number of rotatable bonds is 2. The molecule has 0 unspecified atom stereocenters. The molecule has 18 heavy (non-hydrogen) atoms. The van der Waals surface area contributed by atoms with Crippen molar-refractivity contribution in [2.75, 3.05) is 12.3 Å². The van der Waals surface area contributed by atoms with E-state index in [0.717, 1.165) is 0 Å². The maximum absolute atomic E-state index is 9.71. The van der Waals surface area contributed by atoms with Crippen LogP contribution in [0.2, 0.25) is 0 Å². The van der Waals surface area contributed by atoms with Crippen molar-refractivity contribution >= 4 is 17.1 Å². The molecular formula is C10H13N5O3. The maximum atomic E-state index is 9.71. The van der Waals surface area contributed by atoms with Gasteiger partial charge in [-0.05, 0) is 0 Å². The molecule has 2 aromatic rings. The lowest BCUT2D eigenvalue weighted by molar-refractivity contribution is -0.0432. The summed E-state index contributed by atoms with van der Waals surface area (Å²) in [7, 11) is 0. The van der Waals surface area contributed by atoms with Crippen molar-refractivity contribution < 1.29 is 14.9 Å². The fraction of sp³-hybridized carbons (Fsp3) is 0.500. The summed E-state index contributed by atoms with van der Waals surface area (Å²) in [4.78, 5) is 12.1. The highest BCUT2D eigenvalue weighted by Crippen LogP contribution is 2.30. The molecular weight excluding hydrogens is 239 g/mol. The summed E-state index contributed by atoms with van der Waals surface area (Å²) in [6.45, 7) is -0.221. The number of hydrogen-bond donors (Lipinski definition) is 3. The van der Waals surface area contributed by atoms with E-state index in [1.807, 2.05) is 0 Å². The van der Waals surface area contributed by atoms with Crippen LogP contribution < -0.4 is 5.73 Å². The van der Waals surface area contributed by atoms with Crippen molar-refractivity contribution in [3.8, 4) is 0 Å². The molecule has 8 heteroatoms. The van der Waals surface area contributed by atoms with Gasteiger partial charge in [0, 0.05) is 6.42 Å². The van der Waals surface area contributed by atoms with E-state index >= 15 is 0 Å². The highest BCUT2D eigenvalue weighted by molar-refractivity contribution is 5.70. The molecule has 0 aromatic carbocycles. The Morgan fingerprint density at radius 2 is 2.33 bits per heavy atom. The van der Waals surface area contributed by atoms with E-state index in [1.165, 1.54) is 6.20 Å². The third-order valence-electron chi connectivity index (χ3n) is 3.03. The number of anilines is 1. The summed E-state index contributed by atoms with van der Waals surface area (Å²) >= 11 is 0. The second kappa shape index (κ2) is 4.16. The van der Waals surface area contributed by atoms with Crippen LogP contribution in [0.1, 0.15) is 12.6 Å². The summed E-state index contributed by atoms with van der Waals surface area (Å²) in [6.07, 6.45) is 1.79. The first-order chi connectivity index (χ1) is 8.69. The SMILES string of the molecule is Nc1ncc2n[13cH]n([C@H]3C[C@H](O)[C@@H](CO)O3)c2n1. The maximum Gasteiger partial charge on any atom is 0.222 e. The van der Waals surface area contributed by atoms with Gasteiger partial charge < -0.3 is 20.7 Å². The van der Waals surface area contributed by atoms with E-state index in [4.69, 9.17) is 15.6 Å². The van der Waals surface area contributed by atoms with Gasteiger partial charge in [-0.25, -0.2) is 9.97 Å². The van der Waals surface area contributed by atoms with Crippen LogP contribution in [-0.2, 0) is 4.74 Å². The average molecular weight is 252 g/mol. The minimum Gasteiger partial charge on any atom is -0.394 e. The topological polar surface area (TPSA) is 119 Å². The van der Waals surface area contributed by atoms with Crippen molar-refractivity contribution in [1.82, 2.24) is 19.5 Å². The quantitative estimate of drug-likeness (QED) is 0.630. The molecule has 0 saturated carbocycles. The number of hydrogen-bond acceptors (Lipinski definition) is 7. The molecule has 0 aliphatic carbocycles. The van der Waals surface area contributed by atoms with Crippen LogP contribution in [-0.4, -0.2) is 48.5 Å². The standard InChI is InChI=1S/C10H13N5O3/c11-10-12-2-5-9(14-10)15(4-13-5)8-1-6(17)7(3-16)18-8/h2,4,6-8,16-17H,1,3H2,(H2,11,12,14)/t6-,7+,8+/m0/s1/i4+1. The lowest BCUT2D eigenvalue weighted by Crippen LogP contribution is -2.24. The van der Waals surface area contributed by atoms with Crippen LogP contribution >= 0.6 is 0 Å². The van der Waals surface area contributed by atoms with Crippen molar-refractivity contribution in [3.05, 3.63) is 12.5 Å². The Bertz CT molecular complexity index is 572. The minimum atomic E-state index is -0.698. The van der Waals surface area contributed by atoms with E-state index in [-0.39, 0.29) is 12.6 Å². The number of imidazole rings is 1. The first-order valence-electron chi connectivity index (χ1n) is 5.58. The molecule has 0 spiro atoms. The highest BCUT2D eigenvalue weighted by atomic mass is 16.5. The Hall–Kier alpha value is -1.77. The van der Waals surface area contributed by atoms with Gasteiger partial charge >= 0.3 is 0 Å². The van der Waals surface area contributed by atoms with Gasteiger partial charge in [-0.1, -0.05) is 0 Å². The number of fused-ring (bicyclic) bond motifs is 1. The van der Waals surface area contributed by atoms with Crippen LogP contribution in [0, 0.1) is 0 Å². The zero-order valence-corrected chi connectivity index (χ0v) is 9.47. The monoisotopic (exact) mass is 252 g/mol. The smallest absolute Gasteiger partial charge is 0.222 e. The zero-order valence-electron chi connectivity index (χ0n) is 9.47. The molecule has 96 valence electrons. The fourth-order valence-electron chi connectivity index (χ4n) is 2.10. The average Bonchev–Trinajstić information content (AvgIpc) is 2.91. The number of aliphatic hydroxyl groups is 2. The zero-order chi connectivity index (χ0) is 12.7. The number of aromatic nitrogens is 4. The van der Waals surface area contributed by atoms with Gasteiger partial charge in [-0.15, -0.1) is 0 Å². The van der Waals surface area contributed by atoms with Gasteiger partial charge in [0.15, 0.2) is 5.65 Å². The molecule has 1 fully saturated rings. The van der Waals surface area contributed by atoms with Gasteiger partial charge in [0.2, 0.25) is 5.95 Å². The van der Waals surface area contributed by atoms with E-state index in [9.17, 15) is 5.11 Å². The summed E-state index contributed by atoms with van der Waals surface area (Å²) in [6, 6.07) is 0. The molecule has 0 radical (unpaired) electrons. The van der Waals surface area contributed by atoms with E-state index in [1.54, 1.807) is 10.9 Å². The Morgan fingerprint density at radius 3 is 3.06 bits per heavy atom. The summed E-state index contributed by atoms with van der Waals surface area (Å²) in [5.41, 5.74) is 6.70. The first-order valence-corrected chi connectivity index (χ1v) is 5.58. The molecule has 2 aromatic heterocycles. The second-order valence-electron chi connectivity index (χ2n) is 4.20. The molecule has 4 N–H and O–H groups in total. The summed E-state index contributed by atoms with van der Waals surface area (Å²) in [5.74, 6) is 0.154. The first kappa shape index (κ1) is 11.3. The summed E-state index contributed by atoms with van der Waals surface area (Å²) in [5, 5.41) is 18.8. The molecule has 1 saturated heterocycles. The molecule has 0 amide bonds. The molecule has 3 rings (SSSR count). The largest absolute Gasteiger partial charge is 0.394 e. The van der Waals surface area contributed by atoms with Gasteiger partial charge in [0.1, 0.15) is 17.8 Å². The lowest BCUT2D eigenvalue weighted by atomic mass is 10.2. The predicted molar refractivity (Wildman–Crippen MR) is 61.4 cm³/mol. The fourth-order valence-corrected chi connectivity index (χ4v) is 2.10. The van der Waals surface area contributed by atoms with Gasteiger partial charge in [0.25, 0.3) is 0 Å². The predicted octanol–water partition coefficient (Wildman–Crippen LogP) is -0.951. The minimum absolute atomic E-state index is 0.154. The highest BCUT2D eigenvalue weighted by Gasteiger charge is 2.35. The third-order valence-corrected chi connectivity index (χ3v) is 3.03. The molecule has 1 aliphatic rings. The number of nitrogens with zero attached hydrogens (tertiary/aromatic N) is 4. The molecule has 3 atom stereocenters. The molecule has 0 bridgehead atoms. The Balaban J connectivity index is 1.98. The van der Waals surface area contributed by atoms with Crippen molar-refractivity contribution in [2.24, 2.45) is 0 Å². The van der Waals surface area contributed by atoms with Crippen LogP contribution in [0.5, 0.6) is 0 Å². The van der Waals surface area contributed by atoms with Gasteiger partial charge in [-0.2, -0.15) is 4.98 Å². The number of nitrogen functional groups attached to an aromatic ring is 1. The van der Waals surface area contributed by atoms with Crippen LogP contribution in [0.4, 0.5) is 5.95 Å². The third kappa shape index (κ3) is 1.70. The van der Waals surface area contributed by atoms with Crippen LogP contribution in [0.3, 0.4) is 0 Å². The number of nitrogens with two attached hydrogens (primary N) is 1. The van der Waals surface area contributed by atoms with E-state index in [2.05, 4.69) is 15.0 Å². The molecule has 3 heterocycles. The normalized spacial score (nSPS) is 28.0. The van der Waals surface area contributed by atoms with Crippen molar-refractivity contribution in [2.45, 2.75) is 24.9 Å². The van der Waals surface area contributed by atoms with Gasteiger partial charge in [0.05, 0.1) is 25.2 Å². The number of aliphatic hydroxyl groups excluding tert-OH is 2. The van der Waals surface area contributed by atoms with Crippen LogP contribution in [0.25, 0.3) is 11.2 Å². The van der Waals surface area contributed by atoms with Gasteiger partial charge in [-0.3, -0.25) is 4.57 Å². The van der Waals surface area contributed by atoms with Crippen molar-refractivity contribution in [3.63, 3.8) is 0 Å². The Morgan fingerprint density at radius 1 is 1.50 bits per heavy atom.